The maximum atomic E-state index is 12.8. The Kier molecular flexibility index (Phi) is 7.39. The van der Waals surface area contributed by atoms with E-state index in [0.717, 1.165) is 5.56 Å². The molecular weight excluding hydrogens is 426 g/mol. The van der Waals surface area contributed by atoms with Crippen molar-refractivity contribution in [2.75, 3.05) is 11.9 Å². The van der Waals surface area contributed by atoms with Gasteiger partial charge in [-0.25, -0.2) is 0 Å². The van der Waals surface area contributed by atoms with E-state index in [1.165, 1.54) is 35.1 Å². The minimum absolute atomic E-state index is 0.0197. The van der Waals surface area contributed by atoms with Crippen LogP contribution in [-0.2, 0) is 13.7 Å². The second-order valence-electron chi connectivity index (χ2n) is 7.83. The fourth-order valence-electron chi connectivity index (χ4n) is 3.01. The molecule has 0 radical (unpaired) electrons. The number of carbonyl (C=O) groups excluding carboxylic acids is 2. The smallest absolute Gasteiger partial charge is 0.271 e. The van der Waals surface area contributed by atoms with Gasteiger partial charge in [-0.3, -0.25) is 24.4 Å². The number of nitrogens with zero attached hydrogens (tertiary/aromatic N) is 3. The van der Waals surface area contributed by atoms with Gasteiger partial charge < -0.3 is 15.4 Å². The van der Waals surface area contributed by atoms with Gasteiger partial charge >= 0.3 is 0 Å². The number of hydrogen-bond acceptors (Lipinski definition) is 6. The first-order chi connectivity index (χ1) is 15.7. The second-order valence-corrected chi connectivity index (χ2v) is 7.83. The van der Waals surface area contributed by atoms with Gasteiger partial charge in [0.2, 0.25) is 0 Å². The zero-order valence-corrected chi connectivity index (χ0v) is 18.6. The molecule has 0 saturated heterocycles. The number of nitrogens with one attached hydrogen (secondary N) is 2. The quantitative estimate of drug-likeness (QED) is 0.378. The van der Waals surface area contributed by atoms with Gasteiger partial charge in [0.15, 0.2) is 0 Å². The lowest BCUT2D eigenvalue weighted by molar-refractivity contribution is -0.384. The maximum absolute atomic E-state index is 12.8. The summed E-state index contributed by atoms with van der Waals surface area (Å²) in [5.41, 5.74) is 1.69. The molecule has 1 aromatic heterocycles. The SMILES string of the molecule is CC(C)CNC(=O)c1c(NC(=O)c2cccc(COc3ccc([N+](=O)[O-])cc3)c2)cnn1C. The van der Waals surface area contributed by atoms with E-state index in [4.69, 9.17) is 4.74 Å². The molecule has 0 atom stereocenters. The van der Waals surface area contributed by atoms with Gasteiger partial charge in [-0.2, -0.15) is 5.10 Å². The number of aryl methyl sites for hydroxylation is 1. The molecule has 2 N–H and O–H groups in total. The van der Waals surface area contributed by atoms with Crippen LogP contribution in [0.4, 0.5) is 11.4 Å². The van der Waals surface area contributed by atoms with Crippen LogP contribution in [0.25, 0.3) is 0 Å². The number of amides is 2. The molecular formula is C23H25N5O5. The number of benzene rings is 2. The molecule has 0 aliphatic heterocycles. The Bertz CT molecular complexity index is 1150. The minimum Gasteiger partial charge on any atom is -0.489 e. The fraction of sp³-hybridized carbons (Fsp3) is 0.261. The number of nitro benzene ring substituents is 1. The van der Waals surface area contributed by atoms with E-state index in [-0.39, 0.29) is 29.8 Å². The van der Waals surface area contributed by atoms with E-state index in [2.05, 4.69) is 15.7 Å². The molecule has 10 nitrogen and oxygen atoms in total. The summed E-state index contributed by atoms with van der Waals surface area (Å²) in [6.07, 6.45) is 1.43. The highest BCUT2D eigenvalue weighted by Gasteiger charge is 2.19. The zero-order valence-electron chi connectivity index (χ0n) is 18.6. The Morgan fingerprint density at radius 1 is 1.15 bits per heavy atom. The van der Waals surface area contributed by atoms with Crippen molar-refractivity contribution in [3.63, 3.8) is 0 Å². The van der Waals surface area contributed by atoms with E-state index < -0.39 is 10.8 Å². The highest BCUT2D eigenvalue weighted by atomic mass is 16.6. The molecule has 10 heteroatoms. The van der Waals surface area contributed by atoms with E-state index in [1.807, 2.05) is 13.8 Å². The summed E-state index contributed by atoms with van der Waals surface area (Å²) in [4.78, 5) is 35.6. The predicted octanol–water partition coefficient (Wildman–Crippen LogP) is 3.55. The Hall–Kier alpha value is -4.21. The van der Waals surface area contributed by atoms with Gasteiger partial charge in [0.05, 0.1) is 16.8 Å². The Balaban J connectivity index is 1.66. The highest BCUT2D eigenvalue weighted by Crippen LogP contribution is 2.20. The van der Waals surface area contributed by atoms with Crippen LogP contribution in [0.15, 0.2) is 54.7 Å². The van der Waals surface area contributed by atoms with E-state index in [0.29, 0.717) is 23.5 Å². The normalized spacial score (nSPS) is 10.7. The Morgan fingerprint density at radius 2 is 1.88 bits per heavy atom. The van der Waals surface area contributed by atoms with Crippen LogP contribution in [-0.4, -0.2) is 33.1 Å². The van der Waals surface area contributed by atoms with Gasteiger partial charge in [0, 0.05) is 31.3 Å². The number of hydrogen-bond donors (Lipinski definition) is 2. The third kappa shape index (κ3) is 6.16. The van der Waals surface area contributed by atoms with Gasteiger partial charge in [0.1, 0.15) is 18.1 Å². The lowest BCUT2D eigenvalue weighted by Crippen LogP contribution is -2.30. The summed E-state index contributed by atoms with van der Waals surface area (Å²) in [5, 5.41) is 20.4. The number of rotatable bonds is 9. The number of carbonyl (C=O) groups is 2. The molecule has 0 aliphatic rings. The number of ether oxygens (including phenoxy) is 1. The van der Waals surface area contributed by atoms with Crippen LogP contribution in [0.3, 0.4) is 0 Å². The summed E-state index contributed by atoms with van der Waals surface area (Å²) in [6, 6.07) is 12.6. The average molecular weight is 451 g/mol. The van der Waals surface area contributed by atoms with Gasteiger partial charge in [-0.05, 0) is 35.7 Å². The van der Waals surface area contributed by atoms with E-state index >= 15 is 0 Å². The third-order valence-electron chi connectivity index (χ3n) is 4.72. The molecule has 0 aliphatic carbocycles. The van der Waals surface area contributed by atoms with Crippen LogP contribution >= 0.6 is 0 Å². The first-order valence-corrected chi connectivity index (χ1v) is 10.3. The van der Waals surface area contributed by atoms with Crippen LogP contribution in [0, 0.1) is 16.0 Å². The largest absolute Gasteiger partial charge is 0.489 e. The van der Waals surface area contributed by atoms with Crippen molar-refractivity contribution in [1.82, 2.24) is 15.1 Å². The summed E-state index contributed by atoms with van der Waals surface area (Å²) < 4.78 is 7.08. The van der Waals surface area contributed by atoms with Crippen LogP contribution in [0.5, 0.6) is 5.75 Å². The summed E-state index contributed by atoms with van der Waals surface area (Å²) in [5.74, 6) is 0.0568. The van der Waals surface area contributed by atoms with Gasteiger partial charge in [-0.15, -0.1) is 0 Å². The molecule has 2 aromatic carbocycles. The minimum atomic E-state index is -0.479. The molecule has 1 heterocycles. The second kappa shape index (κ2) is 10.4. The van der Waals surface area contributed by atoms with Crippen LogP contribution in [0.1, 0.15) is 40.3 Å². The van der Waals surface area contributed by atoms with Crippen molar-refractivity contribution in [1.29, 1.82) is 0 Å². The van der Waals surface area contributed by atoms with Crippen molar-refractivity contribution in [2.45, 2.75) is 20.5 Å². The number of nitro groups is 1. The molecule has 3 rings (SSSR count). The zero-order chi connectivity index (χ0) is 24.0. The highest BCUT2D eigenvalue weighted by molar-refractivity contribution is 6.08. The molecule has 3 aromatic rings. The first-order valence-electron chi connectivity index (χ1n) is 10.3. The molecule has 0 fully saturated rings. The van der Waals surface area contributed by atoms with Gasteiger partial charge in [-0.1, -0.05) is 26.0 Å². The molecule has 2 amide bonds. The molecule has 0 spiro atoms. The lowest BCUT2D eigenvalue weighted by Gasteiger charge is -2.11. The van der Waals surface area contributed by atoms with Gasteiger partial charge in [0.25, 0.3) is 17.5 Å². The fourth-order valence-corrected chi connectivity index (χ4v) is 3.01. The first kappa shape index (κ1) is 23.5. The standard InChI is InChI=1S/C23H25N5O5/c1-15(2)12-24-23(30)21-20(13-25-27(21)3)26-22(29)17-6-4-5-16(11-17)14-33-19-9-7-18(8-10-19)28(31)32/h4-11,13,15H,12,14H2,1-3H3,(H,24,30)(H,26,29). The molecule has 33 heavy (non-hydrogen) atoms. The van der Waals surface area contributed by atoms with Crippen molar-refractivity contribution >= 4 is 23.2 Å². The summed E-state index contributed by atoms with van der Waals surface area (Å²) >= 11 is 0. The number of non-ortho nitro benzene ring substituents is 1. The Morgan fingerprint density at radius 3 is 2.55 bits per heavy atom. The van der Waals surface area contributed by atoms with Crippen molar-refractivity contribution < 1.29 is 19.2 Å². The lowest BCUT2D eigenvalue weighted by atomic mass is 10.1. The monoisotopic (exact) mass is 451 g/mol. The molecule has 0 saturated carbocycles. The predicted molar refractivity (Wildman–Crippen MR) is 122 cm³/mol. The van der Waals surface area contributed by atoms with Crippen molar-refractivity contribution in [3.8, 4) is 5.75 Å². The third-order valence-corrected chi connectivity index (χ3v) is 4.72. The maximum Gasteiger partial charge on any atom is 0.271 e. The molecule has 0 unspecified atom stereocenters. The number of aromatic nitrogens is 2. The Labute approximate surface area is 190 Å². The average Bonchev–Trinajstić information content (AvgIpc) is 3.16. The summed E-state index contributed by atoms with van der Waals surface area (Å²) in [7, 11) is 1.64. The molecule has 172 valence electrons. The van der Waals surface area contributed by atoms with Crippen molar-refractivity contribution in [3.05, 3.63) is 81.7 Å². The summed E-state index contributed by atoms with van der Waals surface area (Å²) in [6.45, 7) is 4.66. The van der Waals surface area contributed by atoms with Crippen LogP contribution < -0.4 is 15.4 Å². The van der Waals surface area contributed by atoms with E-state index in [1.54, 1.807) is 31.3 Å². The number of anilines is 1. The van der Waals surface area contributed by atoms with Crippen LogP contribution in [0.2, 0.25) is 0 Å². The van der Waals surface area contributed by atoms with E-state index in [9.17, 15) is 19.7 Å². The topological polar surface area (TPSA) is 128 Å². The van der Waals surface area contributed by atoms with Crippen molar-refractivity contribution in [2.24, 2.45) is 13.0 Å². The molecule has 0 bridgehead atoms.